The number of hydrogen-bond acceptors (Lipinski definition) is 1. The lowest BCUT2D eigenvalue weighted by atomic mass is 9.89. The molecule has 1 nitrogen and oxygen atoms in total. The van der Waals surface area contributed by atoms with Crippen LogP contribution in [0.2, 0.25) is 0 Å². The van der Waals surface area contributed by atoms with Gasteiger partial charge in [-0.05, 0) is 43.9 Å². The van der Waals surface area contributed by atoms with Crippen molar-refractivity contribution in [3.8, 4) is 0 Å². The molecule has 0 amide bonds. The summed E-state index contributed by atoms with van der Waals surface area (Å²) in [5, 5.41) is 9.73. The quantitative estimate of drug-likeness (QED) is 0.778. The van der Waals surface area contributed by atoms with Gasteiger partial charge in [0.15, 0.2) is 0 Å². The van der Waals surface area contributed by atoms with Gasteiger partial charge in [0.1, 0.15) is 0 Å². The molecule has 1 rings (SSSR count). The highest BCUT2D eigenvalue weighted by atomic mass is 16.3. The topological polar surface area (TPSA) is 20.2 Å². The zero-order valence-electron chi connectivity index (χ0n) is 9.25. The van der Waals surface area contributed by atoms with Crippen molar-refractivity contribution >= 4 is 0 Å². The first-order valence-electron chi connectivity index (χ1n) is 5.15. The van der Waals surface area contributed by atoms with Crippen LogP contribution in [0.15, 0.2) is 18.2 Å². The number of aliphatic hydroxyl groups is 1. The maximum Gasteiger partial charge on any atom is 0.0606 e. The van der Waals surface area contributed by atoms with Crippen LogP contribution >= 0.6 is 0 Å². The van der Waals surface area contributed by atoms with Crippen molar-refractivity contribution in [3.63, 3.8) is 0 Å². The smallest absolute Gasteiger partial charge is 0.0606 e. The van der Waals surface area contributed by atoms with Gasteiger partial charge in [-0.3, -0.25) is 0 Å². The molecule has 0 aliphatic rings. The van der Waals surface area contributed by atoms with Gasteiger partial charge in [0.05, 0.1) is 6.10 Å². The first kappa shape index (κ1) is 11.3. The lowest BCUT2D eigenvalue weighted by Gasteiger charge is -2.20. The summed E-state index contributed by atoms with van der Waals surface area (Å²) in [4.78, 5) is 0. The largest absolute Gasteiger partial charge is 0.393 e. The molecule has 0 aliphatic heterocycles. The van der Waals surface area contributed by atoms with Crippen LogP contribution in [0.1, 0.15) is 36.0 Å². The van der Waals surface area contributed by atoms with Gasteiger partial charge in [-0.2, -0.15) is 0 Å². The molecule has 2 unspecified atom stereocenters. The molecular weight excluding hydrogens is 172 g/mol. The van der Waals surface area contributed by atoms with Crippen LogP contribution in [0, 0.1) is 20.8 Å². The maximum absolute atomic E-state index is 9.73. The van der Waals surface area contributed by atoms with Crippen LogP contribution in [-0.2, 0) is 0 Å². The van der Waals surface area contributed by atoms with Gasteiger partial charge in [-0.25, -0.2) is 0 Å². The Kier molecular flexibility index (Phi) is 3.70. The van der Waals surface area contributed by atoms with Crippen molar-refractivity contribution in [3.05, 3.63) is 41.8 Å². The molecule has 0 saturated carbocycles. The third-order valence-corrected chi connectivity index (χ3v) is 2.93. The predicted molar refractivity (Wildman–Crippen MR) is 60.3 cm³/mol. The number of aliphatic hydroxyl groups excluding tert-OH is 1. The second kappa shape index (κ2) is 4.61. The maximum atomic E-state index is 9.73. The molecule has 1 aromatic rings. The van der Waals surface area contributed by atoms with E-state index in [0.29, 0.717) is 0 Å². The lowest BCUT2D eigenvalue weighted by Crippen LogP contribution is -2.15. The molecule has 0 bridgehead atoms. The van der Waals surface area contributed by atoms with Crippen molar-refractivity contribution in [2.75, 3.05) is 0 Å². The summed E-state index contributed by atoms with van der Waals surface area (Å²) in [5.41, 5.74) is 3.68. The minimum Gasteiger partial charge on any atom is -0.393 e. The molecule has 0 saturated heterocycles. The highest BCUT2D eigenvalue weighted by Crippen LogP contribution is 2.25. The summed E-state index contributed by atoms with van der Waals surface area (Å²) >= 11 is 0. The van der Waals surface area contributed by atoms with Crippen LogP contribution < -0.4 is 0 Å². The molecular formula is C13H19O. The molecule has 0 spiro atoms. The van der Waals surface area contributed by atoms with E-state index in [1.807, 2.05) is 13.0 Å². The Morgan fingerprint density at radius 3 is 2.57 bits per heavy atom. The van der Waals surface area contributed by atoms with Gasteiger partial charge < -0.3 is 5.11 Å². The third-order valence-electron chi connectivity index (χ3n) is 2.93. The Labute approximate surface area is 86.8 Å². The monoisotopic (exact) mass is 191 g/mol. The Morgan fingerprint density at radius 1 is 1.36 bits per heavy atom. The molecule has 1 radical (unpaired) electrons. The Hall–Kier alpha value is -0.820. The first-order valence-corrected chi connectivity index (χ1v) is 5.15. The zero-order chi connectivity index (χ0) is 10.7. The van der Waals surface area contributed by atoms with Crippen LogP contribution in [-0.4, -0.2) is 11.2 Å². The molecule has 0 fully saturated rings. The molecule has 77 valence electrons. The second-order valence-electron chi connectivity index (χ2n) is 3.87. The average Bonchev–Trinajstić information content (AvgIpc) is 2.20. The third kappa shape index (κ3) is 2.16. The minimum absolute atomic E-state index is 0.0140. The Bertz CT molecular complexity index is 304. The molecule has 1 N–H and O–H groups in total. The van der Waals surface area contributed by atoms with E-state index >= 15 is 0 Å². The summed E-state index contributed by atoms with van der Waals surface area (Å²) in [7, 11) is 0. The van der Waals surface area contributed by atoms with E-state index in [1.165, 1.54) is 16.7 Å². The van der Waals surface area contributed by atoms with Crippen molar-refractivity contribution < 1.29 is 5.11 Å². The highest BCUT2D eigenvalue weighted by Gasteiger charge is 2.16. The van der Waals surface area contributed by atoms with E-state index < -0.39 is 0 Å². The summed E-state index contributed by atoms with van der Waals surface area (Å²) < 4.78 is 0. The summed E-state index contributed by atoms with van der Waals surface area (Å²) in [5.74, 6) is -0.0140. The summed E-state index contributed by atoms with van der Waals surface area (Å²) in [6.07, 6.45) is 0.414. The van der Waals surface area contributed by atoms with Gasteiger partial charge in [0, 0.05) is 5.92 Å². The van der Waals surface area contributed by atoms with E-state index in [0.717, 1.165) is 6.42 Å². The summed E-state index contributed by atoms with van der Waals surface area (Å²) in [6.45, 7) is 10.2. The minimum atomic E-state index is -0.338. The fraction of sp³-hybridized carbons (Fsp3) is 0.462. The van der Waals surface area contributed by atoms with Gasteiger partial charge in [-0.15, -0.1) is 0 Å². The standard InChI is InChI=1S/C13H19O/c1-5-13(14)11(4)12-8-6-7-9(2)10(12)3/h6-8,11,13-14H,4-5H2,1-3H3. The number of aryl methyl sites for hydroxylation is 1. The Balaban J connectivity index is 3.01. The molecule has 1 heteroatoms. The molecule has 14 heavy (non-hydrogen) atoms. The molecule has 2 atom stereocenters. The van der Waals surface area contributed by atoms with Crippen molar-refractivity contribution in [1.82, 2.24) is 0 Å². The SMILES string of the molecule is [CH2]C(c1cccc(C)c1C)C(O)CC. The highest BCUT2D eigenvalue weighted by molar-refractivity contribution is 5.36. The van der Waals surface area contributed by atoms with E-state index in [2.05, 4.69) is 32.9 Å². The molecule has 1 aromatic carbocycles. The fourth-order valence-electron chi connectivity index (χ4n) is 1.67. The number of benzene rings is 1. The molecule has 0 heterocycles. The summed E-state index contributed by atoms with van der Waals surface area (Å²) in [6, 6.07) is 6.17. The normalized spacial score (nSPS) is 15.2. The Morgan fingerprint density at radius 2 is 2.00 bits per heavy atom. The van der Waals surface area contributed by atoms with Crippen molar-refractivity contribution in [1.29, 1.82) is 0 Å². The van der Waals surface area contributed by atoms with E-state index in [4.69, 9.17) is 0 Å². The van der Waals surface area contributed by atoms with E-state index in [-0.39, 0.29) is 12.0 Å². The lowest BCUT2D eigenvalue weighted by molar-refractivity contribution is 0.153. The first-order chi connectivity index (χ1) is 6.57. The van der Waals surface area contributed by atoms with Gasteiger partial charge in [0.2, 0.25) is 0 Å². The van der Waals surface area contributed by atoms with E-state index in [9.17, 15) is 5.11 Å². The fourth-order valence-corrected chi connectivity index (χ4v) is 1.67. The van der Waals surface area contributed by atoms with Gasteiger partial charge >= 0.3 is 0 Å². The van der Waals surface area contributed by atoms with Crippen molar-refractivity contribution in [2.45, 2.75) is 39.2 Å². The van der Waals surface area contributed by atoms with Crippen LogP contribution in [0.4, 0.5) is 0 Å². The van der Waals surface area contributed by atoms with E-state index in [1.54, 1.807) is 0 Å². The average molecular weight is 191 g/mol. The predicted octanol–water partition coefficient (Wildman–Crippen LogP) is 2.99. The zero-order valence-corrected chi connectivity index (χ0v) is 9.25. The number of hydrogen-bond donors (Lipinski definition) is 1. The van der Waals surface area contributed by atoms with Crippen LogP contribution in [0.5, 0.6) is 0 Å². The molecule has 0 aromatic heterocycles. The van der Waals surface area contributed by atoms with Gasteiger partial charge in [-0.1, -0.05) is 25.1 Å². The second-order valence-corrected chi connectivity index (χ2v) is 3.87. The van der Waals surface area contributed by atoms with Crippen LogP contribution in [0.3, 0.4) is 0 Å². The molecule has 0 aliphatic carbocycles. The van der Waals surface area contributed by atoms with Crippen LogP contribution in [0.25, 0.3) is 0 Å². The van der Waals surface area contributed by atoms with Crippen molar-refractivity contribution in [2.24, 2.45) is 0 Å². The van der Waals surface area contributed by atoms with Gasteiger partial charge in [0.25, 0.3) is 0 Å². The number of rotatable bonds is 3.